The first-order valence-corrected chi connectivity index (χ1v) is 10.2. The number of aryl methyl sites for hydroxylation is 1. The molecule has 10 nitrogen and oxygen atoms in total. The van der Waals surface area contributed by atoms with Crippen LogP contribution in [0.2, 0.25) is 0 Å². The summed E-state index contributed by atoms with van der Waals surface area (Å²) >= 11 is 3.54. The molecule has 3 aromatic heterocycles. The molecule has 4 N–H and O–H groups in total. The highest BCUT2D eigenvalue weighted by Crippen LogP contribution is 2.29. The van der Waals surface area contributed by atoms with Crippen LogP contribution in [0.5, 0.6) is 0 Å². The maximum Gasteiger partial charge on any atom is 0.247 e. The Balaban J connectivity index is 1.94. The minimum Gasteiger partial charge on any atom is -0.353 e. The number of nitrogens with zero attached hydrogens (tertiary/aromatic N) is 6. The summed E-state index contributed by atoms with van der Waals surface area (Å²) in [6, 6.07) is 5.70. The molecule has 0 aliphatic heterocycles. The number of halogens is 1. The third kappa shape index (κ3) is 3.44. The molecule has 0 aliphatic carbocycles. The molecule has 0 spiro atoms. The van der Waals surface area contributed by atoms with Crippen LogP contribution in [0.15, 0.2) is 35.1 Å². The van der Waals surface area contributed by atoms with Crippen LogP contribution in [0, 0.1) is 0 Å². The summed E-state index contributed by atoms with van der Waals surface area (Å²) in [7, 11) is 3.64. The lowest BCUT2D eigenvalue weighted by atomic mass is 10.0. The molecule has 0 saturated heterocycles. The van der Waals surface area contributed by atoms with Crippen molar-refractivity contribution in [2.24, 2.45) is 12.8 Å². The van der Waals surface area contributed by atoms with Gasteiger partial charge in [-0.3, -0.25) is 9.48 Å². The molecule has 4 rings (SSSR count). The molecule has 0 saturated carbocycles. The predicted molar refractivity (Wildman–Crippen MR) is 117 cm³/mol. The number of rotatable bonds is 6. The van der Waals surface area contributed by atoms with Crippen LogP contribution in [0.4, 0.5) is 0 Å². The molecule has 0 bridgehead atoms. The largest absolute Gasteiger partial charge is 0.353 e. The third-order valence-electron chi connectivity index (χ3n) is 4.81. The number of carbonyl (C=O) groups excluding carboxylic acids is 1. The van der Waals surface area contributed by atoms with E-state index < -0.39 is 5.54 Å². The van der Waals surface area contributed by atoms with E-state index >= 15 is 0 Å². The highest BCUT2D eigenvalue weighted by Gasteiger charge is 2.36. The minimum atomic E-state index is -1.44. The van der Waals surface area contributed by atoms with Gasteiger partial charge in [-0.25, -0.2) is 9.97 Å². The lowest BCUT2D eigenvalue weighted by Crippen LogP contribution is -2.51. The number of para-hydroxylation sites is 1. The van der Waals surface area contributed by atoms with Gasteiger partial charge in [0.1, 0.15) is 0 Å². The maximum absolute atomic E-state index is 12.9. The topological polar surface area (TPSA) is 128 Å². The van der Waals surface area contributed by atoms with Gasteiger partial charge in [-0.1, -0.05) is 6.07 Å². The summed E-state index contributed by atoms with van der Waals surface area (Å²) in [6.07, 6.45) is 3.51. The average molecular weight is 472 g/mol. The number of carbonyl (C=O) groups is 1. The van der Waals surface area contributed by atoms with E-state index in [-0.39, 0.29) is 5.91 Å². The third-order valence-corrected chi connectivity index (χ3v) is 5.45. The summed E-state index contributed by atoms with van der Waals surface area (Å²) in [5.74, 6) is 0.419. The zero-order valence-corrected chi connectivity index (χ0v) is 18.4. The molecule has 1 atom stereocenters. The molecule has 3 heterocycles. The number of likely N-dealkylation sites (N-methyl/N-ethyl adjacent to an activating group) is 1. The molecule has 0 unspecified atom stereocenters. The molecule has 156 valence electrons. The second-order valence-electron chi connectivity index (χ2n) is 7.21. The number of benzene rings is 1. The Labute approximate surface area is 181 Å². The van der Waals surface area contributed by atoms with E-state index in [1.165, 1.54) is 0 Å². The Kier molecular flexibility index (Phi) is 5.26. The fraction of sp³-hybridized carbons (Fsp3) is 0.316. The average Bonchev–Trinajstić information content (AvgIpc) is 3.34. The second kappa shape index (κ2) is 7.74. The summed E-state index contributed by atoms with van der Waals surface area (Å²) in [4.78, 5) is 22.3. The monoisotopic (exact) mass is 471 g/mol. The first kappa shape index (κ1) is 20.4. The summed E-state index contributed by atoms with van der Waals surface area (Å²) in [6.45, 7) is 2.70. The van der Waals surface area contributed by atoms with Crippen molar-refractivity contribution in [2.45, 2.75) is 12.5 Å². The Bertz CT molecular complexity index is 1240. The molecular weight excluding hydrogens is 450 g/mol. The van der Waals surface area contributed by atoms with Gasteiger partial charge in [0.25, 0.3) is 0 Å². The quantitative estimate of drug-likeness (QED) is 0.357. The zero-order valence-electron chi connectivity index (χ0n) is 16.8. The minimum absolute atomic E-state index is 0.293. The van der Waals surface area contributed by atoms with Gasteiger partial charge in [-0.15, -0.1) is 5.10 Å². The highest BCUT2D eigenvalue weighted by molar-refractivity contribution is 9.10. The fourth-order valence-corrected chi connectivity index (χ4v) is 3.63. The smallest absolute Gasteiger partial charge is 0.247 e. The molecule has 1 aromatic carbocycles. The predicted octanol–water partition coefficient (Wildman–Crippen LogP) is 0.950. The van der Waals surface area contributed by atoms with E-state index in [1.54, 1.807) is 22.3 Å². The van der Waals surface area contributed by atoms with Crippen LogP contribution in [0.25, 0.3) is 27.9 Å². The van der Waals surface area contributed by atoms with Crippen molar-refractivity contribution in [1.82, 2.24) is 40.0 Å². The Morgan fingerprint density at radius 3 is 2.80 bits per heavy atom. The Morgan fingerprint density at radius 1 is 1.30 bits per heavy atom. The molecule has 0 radical (unpaired) electrons. The van der Waals surface area contributed by atoms with Gasteiger partial charge in [0.05, 0.1) is 17.3 Å². The number of hydrogen-bond donors (Lipinski definition) is 3. The molecular formula is C19H22BrN9O. The van der Waals surface area contributed by atoms with Crippen LogP contribution in [-0.4, -0.2) is 55.4 Å². The second-order valence-corrected chi connectivity index (χ2v) is 8.06. The lowest BCUT2D eigenvalue weighted by Gasteiger charge is -2.24. The van der Waals surface area contributed by atoms with Crippen LogP contribution in [0.3, 0.4) is 0 Å². The van der Waals surface area contributed by atoms with E-state index in [0.29, 0.717) is 35.9 Å². The molecule has 1 amide bonds. The van der Waals surface area contributed by atoms with Crippen molar-refractivity contribution >= 4 is 38.4 Å². The van der Waals surface area contributed by atoms with Crippen molar-refractivity contribution in [3.05, 3.63) is 40.9 Å². The van der Waals surface area contributed by atoms with Crippen molar-refractivity contribution in [3.63, 3.8) is 0 Å². The van der Waals surface area contributed by atoms with Crippen LogP contribution < -0.4 is 16.4 Å². The first-order chi connectivity index (χ1) is 14.3. The van der Waals surface area contributed by atoms with Gasteiger partial charge in [0.2, 0.25) is 5.91 Å². The molecule has 4 aromatic rings. The number of fused-ring (bicyclic) bond motifs is 3. The molecule has 11 heteroatoms. The van der Waals surface area contributed by atoms with Crippen LogP contribution in [-0.2, 0) is 17.4 Å². The summed E-state index contributed by atoms with van der Waals surface area (Å²) in [5, 5.41) is 15.4. The number of amides is 1. The lowest BCUT2D eigenvalue weighted by molar-refractivity contribution is -0.126. The van der Waals surface area contributed by atoms with E-state index in [4.69, 9.17) is 15.7 Å². The Morgan fingerprint density at radius 2 is 2.10 bits per heavy atom. The van der Waals surface area contributed by atoms with Gasteiger partial charge in [-0.05, 0) is 42.0 Å². The fourth-order valence-electron chi connectivity index (χ4n) is 3.18. The number of nitrogens with one attached hydrogen (secondary N) is 2. The van der Waals surface area contributed by atoms with Crippen LogP contribution >= 0.6 is 15.9 Å². The molecule has 0 aliphatic rings. The maximum atomic E-state index is 12.9. The van der Waals surface area contributed by atoms with Gasteiger partial charge in [-0.2, -0.15) is 9.61 Å². The normalized spacial score (nSPS) is 13.6. The standard InChI is InChI=1S/C19H22BrN9O/c1-19(21,18(30)23-8-7-22-2)17-25-14-12(5-4-6-13(14)20)16-26-15(27-29(16)17)11-9-24-28(3)10-11/h4-6,9-10,22H,7-8,21H2,1-3H3,(H,23,30)/t19-/m0/s1. The first-order valence-electron chi connectivity index (χ1n) is 9.39. The Hall–Kier alpha value is -2.89. The van der Waals surface area contributed by atoms with Gasteiger partial charge < -0.3 is 16.4 Å². The van der Waals surface area contributed by atoms with Crippen molar-refractivity contribution in [1.29, 1.82) is 0 Å². The number of aromatic nitrogens is 6. The van der Waals surface area contributed by atoms with Crippen LogP contribution in [0.1, 0.15) is 12.7 Å². The highest BCUT2D eigenvalue weighted by atomic mass is 79.9. The van der Waals surface area contributed by atoms with Gasteiger partial charge in [0.15, 0.2) is 22.8 Å². The molecule has 0 fully saturated rings. The zero-order chi connectivity index (χ0) is 21.5. The van der Waals surface area contributed by atoms with E-state index in [9.17, 15) is 4.79 Å². The van der Waals surface area contributed by atoms with E-state index in [0.717, 1.165) is 15.4 Å². The van der Waals surface area contributed by atoms with Crippen molar-refractivity contribution in [3.8, 4) is 11.4 Å². The van der Waals surface area contributed by atoms with Gasteiger partial charge in [0, 0.05) is 36.2 Å². The summed E-state index contributed by atoms with van der Waals surface area (Å²) < 4.78 is 4.01. The number of nitrogens with two attached hydrogens (primary N) is 1. The van der Waals surface area contributed by atoms with E-state index in [2.05, 4.69) is 36.8 Å². The molecule has 30 heavy (non-hydrogen) atoms. The summed E-state index contributed by atoms with van der Waals surface area (Å²) in [5.41, 5.74) is 7.05. The van der Waals surface area contributed by atoms with Gasteiger partial charge >= 0.3 is 0 Å². The number of hydrogen-bond acceptors (Lipinski definition) is 7. The van der Waals surface area contributed by atoms with Crippen molar-refractivity contribution < 1.29 is 4.79 Å². The van der Waals surface area contributed by atoms with Crippen molar-refractivity contribution in [2.75, 3.05) is 20.1 Å². The SMILES string of the molecule is CNCCNC(=O)[C@@](C)(N)c1nc2c(Br)cccc2c2nc(-c3cnn(C)c3)nn12. The van der Waals surface area contributed by atoms with E-state index in [1.807, 2.05) is 38.5 Å².